The van der Waals surface area contributed by atoms with Crippen LogP contribution in [0, 0.1) is 0 Å². The van der Waals surface area contributed by atoms with E-state index in [0.717, 1.165) is 0 Å². The van der Waals surface area contributed by atoms with Crippen molar-refractivity contribution in [3.8, 4) is 5.75 Å². The van der Waals surface area contributed by atoms with Crippen molar-refractivity contribution >= 4 is 17.7 Å². The molecule has 0 aliphatic carbocycles. The number of nitrogens with one attached hydrogen (secondary N) is 1. The Bertz CT molecular complexity index is 566. The minimum atomic E-state index is -0.981. The number of methoxy groups -OCH3 is 1. The summed E-state index contributed by atoms with van der Waals surface area (Å²) in [6.45, 7) is 5.35. The van der Waals surface area contributed by atoms with Crippen LogP contribution in [0.4, 0.5) is 10.5 Å². The van der Waals surface area contributed by atoms with Crippen molar-refractivity contribution in [3.05, 3.63) is 23.8 Å². The van der Waals surface area contributed by atoms with Crippen molar-refractivity contribution < 1.29 is 24.2 Å². The molecule has 1 amide bonds. The van der Waals surface area contributed by atoms with E-state index in [9.17, 15) is 9.59 Å². The summed E-state index contributed by atoms with van der Waals surface area (Å²) in [6, 6.07) is 5.00. The van der Waals surface area contributed by atoms with Gasteiger partial charge in [0.1, 0.15) is 11.4 Å². The molecular formula is C16H24N2O5. The van der Waals surface area contributed by atoms with Crippen molar-refractivity contribution in [1.29, 1.82) is 0 Å². The molecule has 0 radical (unpaired) electrons. The number of aliphatic carboxylic acids is 1. The number of hydrogen-bond acceptors (Lipinski definition) is 5. The maximum absolute atomic E-state index is 11.8. The van der Waals surface area contributed by atoms with Crippen molar-refractivity contribution in [3.63, 3.8) is 0 Å². The van der Waals surface area contributed by atoms with Crippen LogP contribution in [0.15, 0.2) is 18.2 Å². The van der Waals surface area contributed by atoms with Gasteiger partial charge in [0.25, 0.3) is 0 Å². The molecule has 1 aromatic carbocycles. The molecule has 7 heteroatoms. The van der Waals surface area contributed by atoms with Gasteiger partial charge in [-0.2, -0.15) is 0 Å². The van der Waals surface area contributed by atoms with Gasteiger partial charge in [0.05, 0.1) is 13.5 Å². The van der Waals surface area contributed by atoms with E-state index >= 15 is 0 Å². The first kappa shape index (κ1) is 18.6. The highest BCUT2D eigenvalue weighted by Gasteiger charge is 2.22. The monoisotopic (exact) mass is 324 g/mol. The third kappa shape index (κ3) is 6.46. The molecule has 128 valence electrons. The van der Waals surface area contributed by atoms with Gasteiger partial charge in [-0.3, -0.25) is 4.79 Å². The second kappa shape index (κ2) is 7.71. The van der Waals surface area contributed by atoms with Gasteiger partial charge in [0, 0.05) is 23.7 Å². The first-order valence-corrected chi connectivity index (χ1v) is 7.24. The Morgan fingerprint density at radius 1 is 1.35 bits per heavy atom. The van der Waals surface area contributed by atoms with Crippen LogP contribution in [0.2, 0.25) is 0 Å². The van der Waals surface area contributed by atoms with Crippen LogP contribution in [0.3, 0.4) is 0 Å². The Labute approximate surface area is 135 Å². The number of carbonyl (C=O) groups excluding carboxylic acids is 1. The highest BCUT2D eigenvalue weighted by Crippen LogP contribution is 2.30. The molecule has 7 nitrogen and oxygen atoms in total. The van der Waals surface area contributed by atoms with Crippen LogP contribution in [-0.4, -0.2) is 36.4 Å². The average Bonchev–Trinajstić information content (AvgIpc) is 2.41. The van der Waals surface area contributed by atoms with Gasteiger partial charge in [-0.25, -0.2) is 4.79 Å². The lowest BCUT2D eigenvalue weighted by Gasteiger charge is -2.22. The minimum absolute atomic E-state index is 0.0982. The summed E-state index contributed by atoms with van der Waals surface area (Å²) in [5.74, 6) is -0.944. The highest BCUT2D eigenvalue weighted by molar-refractivity contribution is 5.70. The number of carbonyl (C=O) groups is 2. The van der Waals surface area contributed by atoms with Crippen LogP contribution >= 0.6 is 0 Å². The summed E-state index contributed by atoms with van der Waals surface area (Å²) >= 11 is 0. The number of anilines is 1. The van der Waals surface area contributed by atoms with E-state index in [-0.39, 0.29) is 13.0 Å². The third-order valence-electron chi connectivity index (χ3n) is 3.01. The van der Waals surface area contributed by atoms with Crippen LogP contribution in [0.25, 0.3) is 0 Å². The summed E-state index contributed by atoms with van der Waals surface area (Å²) in [4.78, 5) is 22.9. The summed E-state index contributed by atoms with van der Waals surface area (Å²) < 4.78 is 10.4. The quantitative estimate of drug-likeness (QED) is 0.693. The number of carboxylic acids is 1. The smallest absolute Gasteiger partial charge is 0.407 e. The summed E-state index contributed by atoms with van der Waals surface area (Å²) in [6.07, 6.45) is -0.772. The topological polar surface area (TPSA) is 111 Å². The molecule has 1 atom stereocenters. The van der Waals surface area contributed by atoms with Crippen molar-refractivity contribution in [2.45, 2.75) is 38.7 Å². The molecule has 0 saturated heterocycles. The summed E-state index contributed by atoms with van der Waals surface area (Å²) in [5, 5.41) is 11.7. The lowest BCUT2D eigenvalue weighted by atomic mass is 9.94. The van der Waals surface area contributed by atoms with Crippen LogP contribution in [-0.2, 0) is 9.53 Å². The van der Waals surface area contributed by atoms with E-state index in [0.29, 0.717) is 17.0 Å². The molecule has 0 spiro atoms. The van der Waals surface area contributed by atoms with Gasteiger partial charge < -0.3 is 25.6 Å². The predicted octanol–water partition coefficient (Wildman–Crippen LogP) is 2.36. The molecule has 0 bridgehead atoms. The Morgan fingerprint density at radius 3 is 2.52 bits per heavy atom. The standard InChI is InChI=1S/C16H24N2O5/c1-16(2,3)23-15(21)18-9-10(7-14(19)20)12-8-11(17)5-6-13(12)22-4/h5-6,8,10H,7,9,17H2,1-4H3,(H,18,21)(H,19,20). The number of nitrogens with two attached hydrogens (primary N) is 1. The Kier molecular flexibility index (Phi) is 6.24. The maximum atomic E-state index is 11.8. The van der Waals surface area contributed by atoms with E-state index in [2.05, 4.69) is 5.32 Å². The number of amides is 1. The lowest BCUT2D eigenvalue weighted by molar-refractivity contribution is -0.137. The first-order chi connectivity index (χ1) is 10.6. The van der Waals surface area contributed by atoms with E-state index in [1.54, 1.807) is 39.0 Å². The number of nitrogen functional groups attached to an aromatic ring is 1. The van der Waals surface area contributed by atoms with E-state index in [1.165, 1.54) is 7.11 Å². The van der Waals surface area contributed by atoms with Gasteiger partial charge in [0.15, 0.2) is 0 Å². The molecule has 0 aromatic heterocycles. The summed E-state index contributed by atoms with van der Waals surface area (Å²) in [7, 11) is 1.49. The molecule has 1 rings (SSSR count). The van der Waals surface area contributed by atoms with E-state index in [1.807, 2.05) is 0 Å². The Morgan fingerprint density at radius 2 is 2.00 bits per heavy atom. The zero-order valence-corrected chi connectivity index (χ0v) is 13.9. The van der Waals surface area contributed by atoms with E-state index < -0.39 is 23.6 Å². The normalized spacial score (nSPS) is 12.3. The van der Waals surface area contributed by atoms with Gasteiger partial charge in [-0.15, -0.1) is 0 Å². The first-order valence-electron chi connectivity index (χ1n) is 7.24. The lowest BCUT2D eigenvalue weighted by Crippen LogP contribution is -2.35. The molecular weight excluding hydrogens is 300 g/mol. The molecule has 0 aliphatic rings. The van der Waals surface area contributed by atoms with E-state index in [4.69, 9.17) is 20.3 Å². The Balaban J connectivity index is 2.91. The molecule has 1 aromatic rings. The van der Waals surface area contributed by atoms with Crippen LogP contribution < -0.4 is 15.8 Å². The number of alkyl carbamates (subject to hydrolysis) is 1. The molecule has 4 N–H and O–H groups in total. The second-order valence-electron chi connectivity index (χ2n) is 6.18. The number of ether oxygens (including phenoxy) is 2. The van der Waals surface area contributed by atoms with Crippen molar-refractivity contribution in [2.24, 2.45) is 0 Å². The minimum Gasteiger partial charge on any atom is -0.496 e. The number of benzene rings is 1. The zero-order chi connectivity index (χ0) is 17.6. The number of rotatable bonds is 6. The fraction of sp³-hybridized carbons (Fsp3) is 0.500. The highest BCUT2D eigenvalue weighted by atomic mass is 16.6. The van der Waals surface area contributed by atoms with Crippen molar-refractivity contribution in [1.82, 2.24) is 5.32 Å². The third-order valence-corrected chi connectivity index (χ3v) is 3.01. The molecule has 1 unspecified atom stereocenters. The zero-order valence-electron chi connectivity index (χ0n) is 13.9. The molecule has 0 heterocycles. The Hall–Kier alpha value is -2.44. The number of hydrogen-bond donors (Lipinski definition) is 3. The summed E-state index contributed by atoms with van der Waals surface area (Å²) in [5.41, 5.74) is 6.28. The van der Waals surface area contributed by atoms with Gasteiger partial charge >= 0.3 is 12.1 Å². The largest absolute Gasteiger partial charge is 0.496 e. The van der Waals surface area contributed by atoms with Crippen molar-refractivity contribution in [2.75, 3.05) is 19.4 Å². The predicted molar refractivity (Wildman–Crippen MR) is 86.6 cm³/mol. The fourth-order valence-electron chi connectivity index (χ4n) is 2.10. The van der Waals surface area contributed by atoms with Gasteiger partial charge in [0.2, 0.25) is 0 Å². The molecule has 23 heavy (non-hydrogen) atoms. The average molecular weight is 324 g/mol. The SMILES string of the molecule is COc1ccc(N)cc1C(CNC(=O)OC(C)(C)C)CC(=O)O. The fourth-order valence-corrected chi connectivity index (χ4v) is 2.10. The molecule has 0 aliphatic heterocycles. The van der Waals surface area contributed by atoms with Crippen LogP contribution in [0.5, 0.6) is 5.75 Å². The molecule has 0 fully saturated rings. The maximum Gasteiger partial charge on any atom is 0.407 e. The van der Waals surface area contributed by atoms with Gasteiger partial charge in [-0.1, -0.05) is 0 Å². The van der Waals surface area contributed by atoms with Crippen LogP contribution in [0.1, 0.15) is 38.7 Å². The second-order valence-corrected chi connectivity index (χ2v) is 6.18. The number of carboxylic acid groups (broad SMARTS) is 1. The van der Waals surface area contributed by atoms with Gasteiger partial charge in [-0.05, 0) is 39.0 Å². The molecule has 0 saturated carbocycles.